The molecule has 2 fully saturated rings. The van der Waals surface area contributed by atoms with Gasteiger partial charge in [0.2, 0.25) is 0 Å². The molecule has 1 aliphatic heterocycles. The summed E-state index contributed by atoms with van der Waals surface area (Å²) in [5, 5.41) is 10.2. The largest absolute Gasteiger partial charge is 0.340 e. The monoisotopic (exact) mass is 341 g/mol. The Morgan fingerprint density at radius 2 is 2.04 bits per heavy atom. The van der Waals surface area contributed by atoms with Gasteiger partial charge in [-0.05, 0) is 63.8 Å². The maximum absolute atomic E-state index is 9.06. The van der Waals surface area contributed by atoms with Crippen LogP contribution in [0.3, 0.4) is 0 Å². The minimum absolute atomic E-state index is 0.118. The Bertz CT molecular complexity index is 693. The molecular weight excluding hydrogens is 314 g/mol. The van der Waals surface area contributed by atoms with E-state index in [-0.39, 0.29) is 5.54 Å². The summed E-state index contributed by atoms with van der Waals surface area (Å²) < 4.78 is 0. The van der Waals surface area contributed by atoms with Crippen LogP contribution >= 0.6 is 11.8 Å². The Morgan fingerprint density at radius 3 is 2.62 bits per heavy atom. The number of hydrogen-bond acceptors (Lipinski definition) is 3. The number of aryl methyl sites for hydroxylation is 1. The van der Waals surface area contributed by atoms with Gasteiger partial charge in [0.1, 0.15) is 0 Å². The van der Waals surface area contributed by atoms with Crippen LogP contribution < -0.4 is 0 Å². The lowest BCUT2D eigenvalue weighted by Crippen LogP contribution is -2.56. The molecule has 1 spiro atoms. The van der Waals surface area contributed by atoms with E-state index in [0.29, 0.717) is 11.1 Å². The number of amidine groups is 1. The molecule has 1 aromatic rings. The van der Waals surface area contributed by atoms with Crippen molar-refractivity contribution in [3.05, 3.63) is 29.3 Å². The van der Waals surface area contributed by atoms with E-state index < -0.39 is 0 Å². The van der Waals surface area contributed by atoms with Crippen LogP contribution in [0.25, 0.3) is 0 Å². The number of nitriles is 1. The van der Waals surface area contributed by atoms with E-state index in [2.05, 4.69) is 31.7 Å². The second-order valence-electron chi connectivity index (χ2n) is 7.73. The molecule has 1 saturated heterocycles. The summed E-state index contributed by atoms with van der Waals surface area (Å²) in [7, 11) is 0. The summed E-state index contributed by atoms with van der Waals surface area (Å²) in [5.74, 6) is 1.16. The van der Waals surface area contributed by atoms with Crippen molar-refractivity contribution < 1.29 is 0 Å². The standard InChI is InChI=1S/C20H27N3S/c1-5-19(3,4)23-18(24-14-20(23)10-6-7-11-20)22-17-9-8-16(13-21)12-15(17)2/h8-9,12H,5-7,10-11,14H2,1-4H3/b22-18+. The Balaban J connectivity index is 2.01. The summed E-state index contributed by atoms with van der Waals surface area (Å²) in [6.45, 7) is 9.01. The zero-order chi connectivity index (χ0) is 17.4. The van der Waals surface area contributed by atoms with Gasteiger partial charge >= 0.3 is 0 Å². The zero-order valence-corrected chi connectivity index (χ0v) is 16.0. The fourth-order valence-electron chi connectivity index (χ4n) is 4.03. The van der Waals surface area contributed by atoms with Crippen LogP contribution in [-0.4, -0.2) is 26.9 Å². The van der Waals surface area contributed by atoms with Crippen molar-refractivity contribution in [2.45, 2.75) is 70.9 Å². The lowest BCUT2D eigenvalue weighted by atomic mass is 9.89. The molecule has 0 N–H and O–H groups in total. The fraction of sp³-hybridized carbons (Fsp3) is 0.600. The van der Waals surface area contributed by atoms with Gasteiger partial charge in [0.25, 0.3) is 0 Å². The molecule has 0 amide bonds. The number of aliphatic imine (C=N–C) groups is 1. The molecule has 0 aromatic heterocycles. The summed E-state index contributed by atoms with van der Waals surface area (Å²) in [6.07, 6.45) is 6.35. The van der Waals surface area contributed by atoms with Crippen molar-refractivity contribution in [3.8, 4) is 6.07 Å². The van der Waals surface area contributed by atoms with Gasteiger partial charge in [-0.3, -0.25) is 0 Å². The third-order valence-corrected chi connectivity index (χ3v) is 6.90. The Kier molecular flexibility index (Phi) is 4.66. The van der Waals surface area contributed by atoms with Crippen molar-refractivity contribution in [3.63, 3.8) is 0 Å². The van der Waals surface area contributed by atoms with Crippen LogP contribution in [-0.2, 0) is 0 Å². The number of benzene rings is 1. The average Bonchev–Trinajstić information content (AvgIpc) is 3.17. The molecule has 24 heavy (non-hydrogen) atoms. The minimum Gasteiger partial charge on any atom is -0.340 e. The molecule has 0 radical (unpaired) electrons. The third-order valence-electron chi connectivity index (χ3n) is 5.68. The van der Waals surface area contributed by atoms with Crippen molar-refractivity contribution in [2.24, 2.45) is 4.99 Å². The van der Waals surface area contributed by atoms with Crippen LogP contribution in [0.1, 0.15) is 64.0 Å². The molecule has 3 rings (SSSR count). The van der Waals surface area contributed by atoms with Crippen molar-refractivity contribution in [1.29, 1.82) is 5.26 Å². The van der Waals surface area contributed by atoms with E-state index >= 15 is 0 Å². The highest BCUT2D eigenvalue weighted by molar-refractivity contribution is 8.14. The Morgan fingerprint density at radius 1 is 1.33 bits per heavy atom. The van der Waals surface area contributed by atoms with E-state index in [0.717, 1.165) is 28.6 Å². The van der Waals surface area contributed by atoms with Crippen LogP contribution in [0.5, 0.6) is 0 Å². The molecule has 1 aliphatic carbocycles. The predicted molar refractivity (Wildman–Crippen MR) is 103 cm³/mol. The number of rotatable bonds is 3. The molecule has 0 unspecified atom stereocenters. The van der Waals surface area contributed by atoms with Crippen LogP contribution in [0.2, 0.25) is 0 Å². The quantitative estimate of drug-likeness (QED) is 0.738. The average molecular weight is 342 g/mol. The van der Waals surface area contributed by atoms with E-state index in [1.165, 1.54) is 25.7 Å². The second-order valence-corrected chi connectivity index (χ2v) is 8.67. The molecule has 3 nitrogen and oxygen atoms in total. The van der Waals surface area contributed by atoms with Crippen molar-refractivity contribution in [2.75, 3.05) is 5.75 Å². The highest BCUT2D eigenvalue weighted by Gasteiger charge is 2.51. The van der Waals surface area contributed by atoms with Gasteiger partial charge in [-0.15, -0.1) is 0 Å². The summed E-state index contributed by atoms with van der Waals surface area (Å²) >= 11 is 1.91. The van der Waals surface area contributed by atoms with Crippen LogP contribution in [0.15, 0.2) is 23.2 Å². The molecule has 128 valence electrons. The van der Waals surface area contributed by atoms with E-state index in [1.807, 2.05) is 36.9 Å². The van der Waals surface area contributed by atoms with E-state index in [4.69, 9.17) is 10.3 Å². The summed E-state index contributed by atoms with van der Waals surface area (Å²) in [4.78, 5) is 7.68. The molecule has 1 saturated carbocycles. The SMILES string of the molecule is CCC(C)(C)N1/C(=N\c2ccc(C#N)cc2C)SCC12CCCC2. The Hall–Kier alpha value is -1.47. The first-order chi connectivity index (χ1) is 11.4. The highest BCUT2D eigenvalue weighted by Crippen LogP contribution is 2.49. The number of thioether (sulfide) groups is 1. The fourth-order valence-corrected chi connectivity index (χ4v) is 5.58. The smallest absolute Gasteiger partial charge is 0.165 e. The third kappa shape index (κ3) is 2.95. The van der Waals surface area contributed by atoms with Gasteiger partial charge in [0.05, 0.1) is 22.9 Å². The molecule has 1 heterocycles. The molecular formula is C20H27N3S. The molecule has 1 aromatic carbocycles. The van der Waals surface area contributed by atoms with Gasteiger partial charge in [-0.2, -0.15) is 5.26 Å². The van der Waals surface area contributed by atoms with Gasteiger partial charge in [-0.1, -0.05) is 31.5 Å². The zero-order valence-electron chi connectivity index (χ0n) is 15.2. The predicted octanol–water partition coefficient (Wildman–Crippen LogP) is 5.40. The topological polar surface area (TPSA) is 39.4 Å². The minimum atomic E-state index is 0.118. The first kappa shape index (κ1) is 17.4. The molecule has 4 heteroatoms. The number of nitrogens with zero attached hydrogens (tertiary/aromatic N) is 3. The second kappa shape index (κ2) is 6.44. The van der Waals surface area contributed by atoms with E-state index in [9.17, 15) is 0 Å². The maximum atomic E-state index is 9.06. The molecule has 0 atom stereocenters. The van der Waals surface area contributed by atoms with Gasteiger partial charge < -0.3 is 4.90 Å². The lowest BCUT2D eigenvalue weighted by Gasteiger charge is -2.46. The van der Waals surface area contributed by atoms with Gasteiger partial charge in [-0.25, -0.2) is 4.99 Å². The highest BCUT2D eigenvalue weighted by atomic mass is 32.2. The summed E-state index contributed by atoms with van der Waals surface area (Å²) in [5.41, 5.74) is 3.18. The number of hydrogen-bond donors (Lipinski definition) is 0. The Labute approximate surface area is 150 Å². The van der Waals surface area contributed by atoms with Crippen LogP contribution in [0.4, 0.5) is 5.69 Å². The van der Waals surface area contributed by atoms with Crippen molar-refractivity contribution >= 4 is 22.6 Å². The van der Waals surface area contributed by atoms with E-state index in [1.54, 1.807) is 0 Å². The normalized spacial score (nSPS) is 21.6. The van der Waals surface area contributed by atoms with Crippen molar-refractivity contribution in [1.82, 2.24) is 4.90 Å². The molecule has 0 bridgehead atoms. The van der Waals surface area contributed by atoms with Gasteiger partial charge in [0.15, 0.2) is 5.17 Å². The lowest BCUT2D eigenvalue weighted by molar-refractivity contribution is 0.0969. The first-order valence-electron chi connectivity index (χ1n) is 8.94. The molecule has 2 aliphatic rings. The summed E-state index contributed by atoms with van der Waals surface area (Å²) in [6, 6.07) is 7.99. The van der Waals surface area contributed by atoms with Gasteiger partial charge in [0, 0.05) is 11.3 Å². The first-order valence-corrected chi connectivity index (χ1v) is 9.93. The van der Waals surface area contributed by atoms with Crippen LogP contribution in [0, 0.1) is 18.3 Å². The maximum Gasteiger partial charge on any atom is 0.165 e.